The lowest BCUT2D eigenvalue weighted by Crippen LogP contribution is -2.41. The molecule has 4 rings (SSSR count). The Balaban J connectivity index is 1.92. The molecular formula is C15H12INO2. The van der Waals surface area contributed by atoms with Crippen LogP contribution in [0, 0.1) is 28.6 Å². The Hall–Kier alpha value is -1.09. The number of esters is 1. The first-order valence-electron chi connectivity index (χ1n) is 6.51. The Bertz CT molecular complexity index is 596. The van der Waals surface area contributed by atoms with E-state index in [0.29, 0.717) is 9.84 Å². The van der Waals surface area contributed by atoms with E-state index in [4.69, 9.17) is 4.74 Å². The predicted octanol–water partition coefficient (Wildman–Crippen LogP) is 2.66. The molecule has 0 radical (unpaired) electrons. The molecule has 3 nitrogen and oxygen atoms in total. The van der Waals surface area contributed by atoms with Gasteiger partial charge < -0.3 is 4.74 Å². The average molecular weight is 365 g/mol. The van der Waals surface area contributed by atoms with Gasteiger partial charge in [-0.05, 0) is 17.9 Å². The number of carbonyl (C=O) groups is 1. The number of hydrogen-bond donors (Lipinski definition) is 0. The van der Waals surface area contributed by atoms with Gasteiger partial charge in [0.15, 0.2) is 5.41 Å². The number of fused-ring (bicyclic) bond motifs is 1. The fraction of sp³-hybridized carbons (Fsp3) is 0.467. The van der Waals surface area contributed by atoms with Crippen molar-refractivity contribution in [2.24, 2.45) is 17.3 Å². The number of halogens is 1. The molecule has 1 aromatic rings. The summed E-state index contributed by atoms with van der Waals surface area (Å²) in [4.78, 5) is 12.3. The van der Waals surface area contributed by atoms with Gasteiger partial charge in [-0.1, -0.05) is 52.9 Å². The molecule has 0 aromatic heterocycles. The fourth-order valence-electron chi connectivity index (χ4n) is 4.37. The number of nitriles is 1. The van der Waals surface area contributed by atoms with E-state index >= 15 is 0 Å². The largest absolute Gasteiger partial charge is 0.460 e. The Morgan fingerprint density at radius 1 is 1.37 bits per heavy atom. The van der Waals surface area contributed by atoms with E-state index in [-0.39, 0.29) is 23.9 Å². The maximum atomic E-state index is 12.3. The molecule has 0 unspecified atom stereocenters. The predicted molar refractivity (Wildman–Crippen MR) is 76.5 cm³/mol. The molecular weight excluding hydrogens is 353 g/mol. The second-order valence-corrected chi connectivity index (χ2v) is 7.13. The van der Waals surface area contributed by atoms with E-state index in [1.165, 1.54) is 0 Å². The van der Waals surface area contributed by atoms with Crippen LogP contribution < -0.4 is 0 Å². The van der Waals surface area contributed by atoms with Crippen molar-refractivity contribution in [3.63, 3.8) is 0 Å². The van der Waals surface area contributed by atoms with E-state index in [1.807, 2.05) is 30.3 Å². The molecule has 0 amide bonds. The standard InChI is InChI=1S/C15H12INO2/c16-12-9-6-10-13(12)19-14(18)15(10,7-17)11(9)8-4-2-1-3-5-8/h1-5,9-13H,6H2/t9-,10-,11+,12-,13-,15+/m0/s1. The first kappa shape index (κ1) is 11.7. The van der Waals surface area contributed by atoms with E-state index in [2.05, 4.69) is 28.7 Å². The van der Waals surface area contributed by atoms with Crippen LogP contribution in [0.4, 0.5) is 0 Å². The quantitative estimate of drug-likeness (QED) is 0.437. The summed E-state index contributed by atoms with van der Waals surface area (Å²) in [7, 11) is 0. The van der Waals surface area contributed by atoms with Gasteiger partial charge >= 0.3 is 5.97 Å². The fourth-order valence-corrected chi connectivity index (χ4v) is 5.73. The Morgan fingerprint density at radius 3 is 2.79 bits per heavy atom. The molecule has 3 fully saturated rings. The lowest BCUT2D eigenvalue weighted by Gasteiger charge is -2.33. The molecule has 4 heteroatoms. The minimum atomic E-state index is -0.932. The number of benzene rings is 1. The molecule has 2 aliphatic carbocycles. The monoisotopic (exact) mass is 365 g/mol. The first-order chi connectivity index (χ1) is 9.20. The number of nitrogens with zero attached hydrogens (tertiary/aromatic N) is 1. The van der Waals surface area contributed by atoms with Gasteiger partial charge in [0.2, 0.25) is 0 Å². The topological polar surface area (TPSA) is 50.1 Å². The average Bonchev–Trinajstić information content (AvgIpc) is 3.01. The Morgan fingerprint density at radius 2 is 2.11 bits per heavy atom. The number of carbonyl (C=O) groups excluding carboxylic acids is 1. The molecule has 2 saturated carbocycles. The van der Waals surface area contributed by atoms with Crippen molar-refractivity contribution in [2.75, 3.05) is 0 Å². The summed E-state index contributed by atoms with van der Waals surface area (Å²) in [5.41, 5.74) is 0.175. The lowest BCUT2D eigenvalue weighted by atomic mass is 9.65. The molecule has 0 N–H and O–H groups in total. The molecule has 19 heavy (non-hydrogen) atoms. The first-order valence-corrected chi connectivity index (χ1v) is 7.76. The van der Waals surface area contributed by atoms with Gasteiger partial charge in [0, 0.05) is 11.8 Å². The van der Waals surface area contributed by atoms with Gasteiger partial charge in [-0.2, -0.15) is 5.26 Å². The number of alkyl halides is 1. The highest BCUT2D eigenvalue weighted by molar-refractivity contribution is 14.1. The van der Waals surface area contributed by atoms with Crippen LogP contribution in [0.1, 0.15) is 17.9 Å². The third-order valence-electron chi connectivity index (χ3n) is 5.07. The Labute approximate surface area is 125 Å². The van der Waals surface area contributed by atoms with Crippen molar-refractivity contribution < 1.29 is 9.53 Å². The van der Waals surface area contributed by atoms with Crippen LogP contribution in [0.25, 0.3) is 0 Å². The van der Waals surface area contributed by atoms with Crippen LogP contribution in [0.2, 0.25) is 0 Å². The van der Waals surface area contributed by atoms with Gasteiger partial charge in [-0.3, -0.25) is 4.79 Å². The lowest BCUT2D eigenvalue weighted by molar-refractivity contribution is -0.145. The van der Waals surface area contributed by atoms with Crippen LogP contribution in [0.5, 0.6) is 0 Å². The number of hydrogen-bond acceptors (Lipinski definition) is 3. The van der Waals surface area contributed by atoms with E-state index in [0.717, 1.165) is 12.0 Å². The maximum Gasteiger partial charge on any atom is 0.327 e. The summed E-state index contributed by atoms with van der Waals surface area (Å²) < 4.78 is 5.86. The van der Waals surface area contributed by atoms with Crippen molar-refractivity contribution in [1.29, 1.82) is 5.26 Å². The summed E-state index contributed by atoms with van der Waals surface area (Å²) in [6.07, 6.45) is 0.898. The smallest absolute Gasteiger partial charge is 0.327 e. The maximum absolute atomic E-state index is 12.3. The summed E-state index contributed by atoms with van der Waals surface area (Å²) in [5, 5.41) is 9.70. The van der Waals surface area contributed by atoms with Crippen molar-refractivity contribution in [3.05, 3.63) is 35.9 Å². The van der Waals surface area contributed by atoms with Crippen LogP contribution in [-0.4, -0.2) is 16.0 Å². The van der Waals surface area contributed by atoms with Crippen LogP contribution in [0.15, 0.2) is 30.3 Å². The van der Waals surface area contributed by atoms with Gasteiger partial charge in [0.25, 0.3) is 0 Å². The van der Waals surface area contributed by atoms with Gasteiger partial charge in [-0.25, -0.2) is 0 Å². The summed E-state index contributed by atoms with van der Waals surface area (Å²) in [6.45, 7) is 0. The summed E-state index contributed by atoms with van der Waals surface area (Å²) >= 11 is 2.40. The highest BCUT2D eigenvalue weighted by Crippen LogP contribution is 2.69. The third-order valence-corrected chi connectivity index (χ3v) is 6.71. The van der Waals surface area contributed by atoms with Gasteiger partial charge in [-0.15, -0.1) is 0 Å². The van der Waals surface area contributed by atoms with Crippen molar-refractivity contribution in [1.82, 2.24) is 0 Å². The minimum Gasteiger partial charge on any atom is -0.460 e. The van der Waals surface area contributed by atoms with E-state index in [9.17, 15) is 10.1 Å². The van der Waals surface area contributed by atoms with E-state index < -0.39 is 5.41 Å². The highest BCUT2D eigenvalue weighted by Gasteiger charge is 2.75. The zero-order valence-electron chi connectivity index (χ0n) is 10.1. The van der Waals surface area contributed by atoms with Gasteiger partial charge in [0.1, 0.15) is 6.10 Å². The van der Waals surface area contributed by atoms with Crippen LogP contribution >= 0.6 is 22.6 Å². The molecule has 6 atom stereocenters. The SMILES string of the molecule is N#C[C@@]12C(=O)O[C@@H]3[C@@H](I)[C@@H](C[C@@H]31)[C@H]2c1ccccc1. The zero-order chi connectivity index (χ0) is 13.2. The number of ether oxygens (including phenoxy) is 1. The van der Waals surface area contributed by atoms with Crippen molar-refractivity contribution in [3.8, 4) is 6.07 Å². The molecule has 2 bridgehead atoms. The van der Waals surface area contributed by atoms with Crippen LogP contribution in [-0.2, 0) is 9.53 Å². The third kappa shape index (κ3) is 1.20. The number of rotatable bonds is 1. The second kappa shape index (κ2) is 3.72. The molecule has 3 aliphatic rings. The molecule has 96 valence electrons. The minimum absolute atomic E-state index is 0.00292. The molecule has 1 saturated heterocycles. The second-order valence-electron chi connectivity index (χ2n) is 5.69. The van der Waals surface area contributed by atoms with Gasteiger partial charge in [0.05, 0.1) is 9.99 Å². The zero-order valence-corrected chi connectivity index (χ0v) is 12.3. The molecule has 1 heterocycles. The van der Waals surface area contributed by atoms with Crippen molar-refractivity contribution in [2.45, 2.75) is 22.4 Å². The molecule has 1 aliphatic heterocycles. The highest BCUT2D eigenvalue weighted by atomic mass is 127. The Kier molecular flexibility index (Phi) is 2.29. The van der Waals surface area contributed by atoms with Crippen LogP contribution in [0.3, 0.4) is 0 Å². The summed E-state index contributed by atoms with van der Waals surface area (Å²) in [6, 6.07) is 12.3. The molecule has 1 aromatic carbocycles. The van der Waals surface area contributed by atoms with Crippen molar-refractivity contribution >= 4 is 28.6 Å². The molecule has 0 spiro atoms. The van der Waals surface area contributed by atoms with E-state index in [1.54, 1.807) is 0 Å². The summed E-state index contributed by atoms with van der Waals surface area (Å²) in [5.74, 6) is 0.170. The normalized spacial score (nSPS) is 46.1.